The van der Waals surface area contributed by atoms with E-state index in [1.54, 1.807) is 6.92 Å². The Morgan fingerprint density at radius 1 is 1.24 bits per heavy atom. The van der Waals surface area contributed by atoms with Crippen molar-refractivity contribution in [1.29, 1.82) is 0 Å². The Kier molecular flexibility index (Phi) is 3.33. The zero-order valence-electron chi connectivity index (χ0n) is 10.1. The van der Waals surface area contributed by atoms with Crippen molar-refractivity contribution in [3.05, 3.63) is 30.0 Å². The van der Waals surface area contributed by atoms with Crippen LogP contribution in [0.5, 0.6) is 10.8 Å². The minimum Gasteiger partial charge on any atom is -0.498 e. The first kappa shape index (κ1) is 11.9. The lowest BCUT2D eigenvalue weighted by Crippen LogP contribution is -2.05. The summed E-state index contributed by atoms with van der Waals surface area (Å²) in [5, 5.41) is 10.6. The van der Waals surface area contributed by atoms with Crippen LogP contribution in [-0.4, -0.2) is 16.2 Å². The summed E-state index contributed by atoms with van der Waals surface area (Å²) >= 11 is 1.29. The minimum atomic E-state index is 0.173. The fraction of sp³-hybridized carbons (Fsp3) is 0.308. The molecule has 2 aromatic rings. The monoisotopic (exact) mass is 249 g/mol. The normalized spacial score (nSPS) is 10.8. The van der Waals surface area contributed by atoms with Gasteiger partial charge in [0.05, 0.1) is 11.8 Å². The van der Waals surface area contributed by atoms with Crippen molar-refractivity contribution in [2.24, 2.45) is 0 Å². The molecule has 0 amide bonds. The van der Waals surface area contributed by atoms with Gasteiger partial charge in [0, 0.05) is 5.56 Å². The van der Waals surface area contributed by atoms with Crippen LogP contribution in [0.3, 0.4) is 0 Å². The number of nitrogens with zero attached hydrogens (tertiary/aromatic N) is 1. The highest BCUT2D eigenvalue weighted by Gasteiger charge is 2.08. The van der Waals surface area contributed by atoms with E-state index in [1.807, 2.05) is 38.1 Å². The van der Waals surface area contributed by atoms with Crippen LogP contribution < -0.4 is 4.74 Å². The maximum Gasteiger partial charge on any atom is 0.195 e. The third kappa shape index (κ3) is 2.77. The molecule has 0 radical (unpaired) electrons. The largest absolute Gasteiger partial charge is 0.498 e. The summed E-state index contributed by atoms with van der Waals surface area (Å²) in [5.74, 6) is 0.848. The number of ether oxygens (including phenoxy) is 1. The molecule has 0 fully saturated rings. The first-order valence-corrected chi connectivity index (χ1v) is 6.31. The van der Waals surface area contributed by atoms with Gasteiger partial charge in [-0.05, 0) is 45.0 Å². The molecule has 1 N–H and O–H groups in total. The Balaban J connectivity index is 2.23. The number of aryl methyl sites for hydroxylation is 1. The van der Waals surface area contributed by atoms with Crippen LogP contribution in [0.2, 0.25) is 0 Å². The van der Waals surface area contributed by atoms with Gasteiger partial charge in [-0.15, -0.1) is 0 Å². The maximum absolute atomic E-state index is 9.51. The molecule has 1 heterocycles. The van der Waals surface area contributed by atoms with Gasteiger partial charge in [-0.2, -0.15) is 0 Å². The number of thiazole rings is 1. The Hall–Kier alpha value is -1.55. The van der Waals surface area contributed by atoms with Gasteiger partial charge in [0.15, 0.2) is 5.06 Å². The third-order valence-corrected chi connectivity index (χ3v) is 3.25. The van der Waals surface area contributed by atoms with Crippen LogP contribution in [0.25, 0.3) is 10.6 Å². The van der Waals surface area contributed by atoms with Crippen molar-refractivity contribution >= 4 is 11.3 Å². The van der Waals surface area contributed by atoms with Crippen LogP contribution in [0.4, 0.5) is 0 Å². The van der Waals surface area contributed by atoms with Gasteiger partial charge >= 0.3 is 0 Å². The average molecular weight is 249 g/mol. The second-order valence-corrected chi connectivity index (χ2v) is 5.08. The topological polar surface area (TPSA) is 42.4 Å². The molecule has 17 heavy (non-hydrogen) atoms. The Bertz CT molecular complexity index is 483. The molecule has 2 rings (SSSR count). The summed E-state index contributed by atoms with van der Waals surface area (Å²) in [6.45, 7) is 5.79. The molecule has 0 unspecified atom stereocenters. The van der Waals surface area contributed by atoms with Gasteiger partial charge in [-0.25, -0.2) is 4.98 Å². The molecule has 0 aliphatic heterocycles. The van der Waals surface area contributed by atoms with Gasteiger partial charge in [-0.1, -0.05) is 11.3 Å². The lowest BCUT2D eigenvalue weighted by atomic mass is 10.2. The predicted molar refractivity (Wildman–Crippen MR) is 69.7 cm³/mol. The van der Waals surface area contributed by atoms with Crippen LogP contribution in [0.15, 0.2) is 24.3 Å². The molecule has 0 saturated carbocycles. The molecule has 0 atom stereocenters. The third-order valence-electron chi connectivity index (χ3n) is 2.25. The van der Waals surface area contributed by atoms with Gasteiger partial charge in [-0.3, -0.25) is 0 Å². The van der Waals surface area contributed by atoms with Gasteiger partial charge in [0.1, 0.15) is 10.8 Å². The molecule has 0 saturated heterocycles. The van der Waals surface area contributed by atoms with E-state index in [2.05, 4.69) is 4.98 Å². The highest BCUT2D eigenvalue weighted by atomic mass is 32.1. The highest BCUT2D eigenvalue weighted by molar-refractivity contribution is 7.16. The zero-order chi connectivity index (χ0) is 12.4. The quantitative estimate of drug-likeness (QED) is 0.903. The molecule has 0 aliphatic rings. The average Bonchev–Trinajstić information content (AvgIpc) is 2.59. The van der Waals surface area contributed by atoms with Gasteiger partial charge < -0.3 is 9.84 Å². The molecule has 0 spiro atoms. The van der Waals surface area contributed by atoms with Gasteiger partial charge in [0.25, 0.3) is 0 Å². The van der Waals surface area contributed by atoms with E-state index in [4.69, 9.17) is 4.74 Å². The van der Waals surface area contributed by atoms with E-state index in [0.717, 1.165) is 16.3 Å². The molecule has 0 bridgehead atoms. The van der Waals surface area contributed by atoms with Crippen LogP contribution in [0.1, 0.15) is 19.5 Å². The lowest BCUT2D eigenvalue weighted by Gasteiger charge is -2.09. The summed E-state index contributed by atoms with van der Waals surface area (Å²) < 4.78 is 5.57. The van der Waals surface area contributed by atoms with Crippen molar-refractivity contribution in [3.8, 4) is 21.4 Å². The van der Waals surface area contributed by atoms with E-state index < -0.39 is 0 Å². The van der Waals surface area contributed by atoms with Crippen molar-refractivity contribution in [1.82, 2.24) is 4.98 Å². The Morgan fingerprint density at radius 3 is 2.35 bits per heavy atom. The first-order valence-electron chi connectivity index (χ1n) is 5.49. The number of hydrogen-bond donors (Lipinski definition) is 1. The number of rotatable bonds is 3. The molecule has 0 aliphatic carbocycles. The number of aromatic hydroxyl groups is 1. The molecule has 4 heteroatoms. The van der Waals surface area contributed by atoms with Crippen LogP contribution >= 0.6 is 11.3 Å². The Morgan fingerprint density at radius 2 is 1.88 bits per heavy atom. The molecule has 1 aromatic heterocycles. The van der Waals surface area contributed by atoms with Gasteiger partial charge in [0.2, 0.25) is 0 Å². The summed E-state index contributed by atoms with van der Waals surface area (Å²) in [5.41, 5.74) is 1.67. The second-order valence-electron chi connectivity index (χ2n) is 4.10. The van der Waals surface area contributed by atoms with Crippen LogP contribution in [-0.2, 0) is 0 Å². The fourth-order valence-corrected chi connectivity index (χ4v) is 2.27. The molecule has 90 valence electrons. The SMILES string of the molecule is Cc1nc(-c2ccc(OC(C)C)cc2)sc1O. The van der Waals surface area contributed by atoms with E-state index in [-0.39, 0.29) is 11.2 Å². The number of benzene rings is 1. The standard InChI is InChI=1S/C13H15NO2S/c1-8(2)16-11-6-4-10(5-7-11)12-14-9(3)13(15)17-12/h4-8,15H,1-3H3. The fourth-order valence-electron chi connectivity index (χ4n) is 1.46. The summed E-state index contributed by atoms with van der Waals surface area (Å²) in [6.07, 6.45) is 0.173. The highest BCUT2D eigenvalue weighted by Crippen LogP contribution is 2.33. The molecule has 3 nitrogen and oxygen atoms in total. The minimum absolute atomic E-state index is 0.173. The molecular weight excluding hydrogens is 234 g/mol. The van der Waals surface area contributed by atoms with E-state index in [9.17, 15) is 5.11 Å². The summed E-state index contributed by atoms with van der Waals surface area (Å²) in [6, 6.07) is 7.75. The van der Waals surface area contributed by atoms with E-state index >= 15 is 0 Å². The smallest absolute Gasteiger partial charge is 0.195 e. The van der Waals surface area contributed by atoms with Crippen molar-refractivity contribution in [2.45, 2.75) is 26.9 Å². The summed E-state index contributed by atoms with van der Waals surface area (Å²) in [7, 11) is 0. The van der Waals surface area contributed by atoms with Crippen molar-refractivity contribution in [3.63, 3.8) is 0 Å². The lowest BCUT2D eigenvalue weighted by molar-refractivity contribution is 0.242. The van der Waals surface area contributed by atoms with Crippen molar-refractivity contribution < 1.29 is 9.84 Å². The Labute approximate surface area is 105 Å². The maximum atomic E-state index is 9.51. The second kappa shape index (κ2) is 4.75. The number of aromatic nitrogens is 1. The van der Waals surface area contributed by atoms with E-state index in [1.165, 1.54) is 11.3 Å². The number of hydrogen-bond acceptors (Lipinski definition) is 4. The predicted octanol–water partition coefficient (Wildman–Crippen LogP) is 3.61. The summed E-state index contributed by atoms with van der Waals surface area (Å²) in [4.78, 5) is 4.30. The molecular formula is C13H15NO2S. The van der Waals surface area contributed by atoms with Crippen LogP contribution in [0, 0.1) is 6.92 Å². The van der Waals surface area contributed by atoms with E-state index in [0.29, 0.717) is 5.69 Å². The van der Waals surface area contributed by atoms with Crippen molar-refractivity contribution in [2.75, 3.05) is 0 Å². The molecule has 1 aromatic carbocycles. The first-order chi connectivity index (χ1) is 8.06. The zero-order valence-corrected chi connectivity index (χ0v) is 10.9.